The first-order chi connectivity index (χ1) is 18.0. The Morgan fingerprint density at radius 2 is 1.81 bits per heavy atom. The Balaban J connectivity index is 1.19. The molecule has 4 N–H and O–H groups in total. The van der Waals surface area contributed by atoms with Crippen LogP contribution in [-0.2, 0) is 12.0 Å². The molecule has 0 unspecified atom stereocenters. The Bertz CT molecular complexity index is 1290. The zero-order chi connectivity index (χ0) is 25.8. The maximum absolute atomic E-state index is 13.0. The fourth-order valence-corrected chi connectivity index (χ4v) is 5.12. The molecule has 1 amide bonds. The Morgan fingerprint density at radius 1 is 1.11 bits per heavy atom. The molecular formula is C27H31N9O. The molecule has 3 heterocycles. The number of anilines is 1. The van der Waals surface area contributed by atoms with Gasteiger partial charge in [-0.1, -0.05) is 30.7 Å². The summed E-state index contributed by atoms with van der Waals surface area (Å²) in [6, 6.07) is 10.4. The van der Waals surface area contributed by atoms with Crippen molar-refractivity contribution < 1.29 is 4.79 Å². The number of piperidine rings is 1. The smallest absolute Gasteiger partial charge is 0.259 e. The number of nitrogens with one attached hydrogen (secondary N) is 2. The van der Waals surface area contributed by atoms with Gasteiger partial charge in [-0.2, -0.15) is 10.4 Å². The van der Waals surface area contributed by atoms with E-state index >= 15 is 0 Å². The van der Waals surface area contributed by atoms with E-state index in [-0.39, 0.29) is 23.6 Å². The number of aromatic nitrogens is 4. The lowest BCUT2D eigenvalue weighted by Gasteiger charge is -2.42. The normalized spacial score (nSPS) is 17.5. The highest BCUT2D eigenvalue weighted by atomic mass is 16.1. The van der Waals surface area contributed by atoms with E-state index in [9.17, 15) is 4.79 Å². The van der Waals surface area contributed by atoms with Crippen LogP contribution in [0.5, 0.6) is 0 Å². The van der Waals surface area contributed by atoms with Crippen LogP contribution in [0.25, 0.3) is 11.1 Å². The summed E-state index contributed by atoms with van der Waals surface area (Å²) in [6.07, 6.45) is 11.1. The third-order valence-electron chi connectivity index (χ3n) is 7.68. The van der Waals surface area contributed by atoms with E-state index < -0.39 is 5.41 Å². The van der Waals surface area contributed by atoms with Crippen molar-refractivity contribution in [2.24, 2.45) is 5.92 Å². The van der Waals surface area contributed by atoms with Gasteiger partial charge in [0.1, 0.15) is 5.84 Å². The summed E-state index contributed by atoms with van der Waals surface area (Å²) in [5, 5.41) is 25.0. The van der Waals surface area contributed by atoms with E-state index in [1.54, 1.807) is 29.5 Å². The highest BCUT2D eigenvalue weighted by molar-refractivity contribution is 6.09. The Labute approximate surface area is 216 Å². The van der Waals surface area contributed by atoms with Crippen LogP contribution in [-0.4, -0.2) is 56.0 Å². The topological polar surface area (TPSA) is 150 Å². The second kappa shape index (κ2) is 10.5. The van der Waals surface area contributed by atoms with Gasteiger partial charge in [-0.05, 0) is 49.9 Å². The molecule has 1 aliphatic carbocycles. The van der Waals surface area contributed by atoms with Crippen LogP contribution in [0.4, 0.5) is 5.95 Å². The number of carbonyl (C=O) groups excluding carboxylic acids is 1. The average Bonchev–Trinajstić information content (AvgIpc) is 3.37. The molecule has 1 aliphatic heterocycles. The fourth-order valence-electron chi connectivity index (χ4n) is 5.12. The zero-order valence-electron chi connectivity index (χ0n) is 20.7. The van der Waals surface area contributed by atoms with Crippen molar-refractivity contribution in [1.82, 2.24) is 30.0 Å². The monoisotopic (exact) mass is 497 g/mol. The molecule has 2 fully saturated rings. The lowest BCUT2D eigenvalue weighted by atomic mass is 9.63. The van der Waals surface area contributed by atoms with Crippen LogP contribution < -0.4 is 11.1 Å². The molecule has 5 rings (SSSR count). The van der Waals surface area contributed by atoms with Crippen LogP contribution >= 0.6 is 0 Å². The number of hydrogen-bond acceptors (Lipinski definition) is 8. The number of amides is 1. The highest BCUT2D eigenvalue weighted by Crippen LogP contribution is 2.44. The molecule has 0 bridgehead atoms. The Hall–Kier alpha value is -4.10. The number of nitrogen functional groups attached to an aromatic ring is 1. The second-order valence-electron chi connectivity index (χ2n) is 9.91. The van der Waals surface area contributed by atoms with Crippen molar-refractivity contribution in [2.75, 3.05) is 25.4 Å². The minimum absolute atomic E-state index is 0.168. The number of benzene rings is 1. The molecule has 1 saturated carbocycles. The van der Waals surface area contributed by atoms with Crippen LogP contribution in [0.2, 0.25) is 0 Å². The van der Waals surface area contributed by atoms with Gasteiger partial charge in [0.25, 0.3) is 5.91 Å². The maximum atomic E-state index is 13.0. The molecule has 1 saturated heterocycles. The maximum Gasteiger partial charge on any atom is 0.259 e. The Kier molecular flexibility index (Phi) is 6.97. The number of rotatable bonds is 7. The molecule has 0 spiro atoms. The van der Waals surface area contributed by atoms with Gasteiger partial charge in [0.15, 0.2) is 0 Å². The summed E-state index contributed by atoms with van der Waals surface area (Å²) in [4.78, 5) is 23.4. The predicted octanol–water partition coefficient (Wildman–Crippen LogP) is 2.99. The molecule has 10 heteroatoms. The highest BCUT2D eigenvalue weighted by Gasteiger charge is 2.43. The SMILES string of the molecule is N#CC1CCN(CCn2cc(C(=O)NC(=N)C3(c4ccc(-c5cnc(N)nc5)cc4)CCC3)cn2)CC1. The van der Waals surface area contributed by atoms with Crippen LogP contribution in [0.1, 0.15) is 48.0 Å². The summed E-state index contributed by atoms with van der Waals surface area (Å²) < 4.78 is 1.77. The minimum atomic E-state index is -0.489. The average molecular weight is 498 g/mol. The van der Waals surface area contributed by atoms with Gasteiger partial charge < -0.3 is 16.0 Å². The Morgan fingerprint density at radius 3 is 2.43 bits per heavy atom. The number of likely N-dealkylation sites (tertiary alicyclic amines) is 1. The number of nitrogens with zero attached hydrogens (tertiary/aromatic N) is 6. The molecule has 3 aromatic rings. The van der Waals surface area contributed by atoms with E-state index in [2.05, 4.69) is 31.4 Å². The lowest BCUT2D eigenvalue weighted by Crippen LogP contribution is -2.50. The summed E-state index contributed by atoms with van der Waals surface area (Å²) >= 11 is 0. The van der Waals surface area contributed by atoms with Crippen LogP contribution in [0.3, 0.4) is 0 Å². The second-order valence-corrected chi connectivity index (χ2v) is 9.91. The summed E-state index contributed by atoms with van der Waals surface area (Å²) in [6.45, 7) is 3.34. The van der Waals surface area contributed by atoms with Crippen LogP contribution in [0, 0.1) is 22.7 Å². The molecule has 2 aromatic heterocycles. The van der Waals surface area contributed by atoms with Crippen molar-refractivity contribution >= 4 is 17.7 Å². The van der Waals surface area contributed by atoms with Crippen LogP contribution in [0.15, 0.2) is 49.1 Å². The predicted molar refractivity (Wildman–Crippen MR) is 140 cm³/mol. The van der Waals surface area contributed by atoms with Crippen molar-refractivity contribution in [3.8, 4) is 17.2 Å². The van der Waals surface area contributed by atoms with Crippen molar-refractivity contribution in [1.29, 1.82) is 10.7 Å². The fraction of sp³-hybridized carbons (Fsp3) is 0.407. The molecule has 37 heavy (non-hydrogen) atoms. The molecule has 190 valence electrons. The van der Waals surface area contributed by atoms with Gasteiger partial charge >= 0.3 is 0 Å². The van der Waals surface area contributed by atoms with Gasteiger partial charge in [-0.3, -0.25) is 14.9 Å². The van der Waals surface area contributed by atoms with E-state index in [0.29, 0.717) is 12.1 Å². The summed E-state index contributed by atoms with van der Waals surface area (Å²) in [5.41, 5.74) is 8.40. The number of carbonyl (C=O) groups is 1. The summed E-state index contributed by atoms with van der Waals surface area (Å²) in [7, 11) is 0. The molecule has 2 aliphatic rings. The number of hydrogen-bond donors (Lipinski definition) is 3. The number of nitrogens with two attached hydrogens (primary N) is 1. The third-order valence-corrected chi connectivity index (χ3v) is 7.68. The van der Waals surface area contributed by atoms with Gasteiger partial charge in [-0.15, -0.1) is 0 Å². The first-order valence-corrected chi connectivity index (χ1v) is 12.7. The molecule has 0 atom stereocenters. The van der Waals surface area contributed by atoms with Crippen molar-refractivity contribution in [2.45, 2.75) is 44.1 Å². The lowest BCUT2D eigenvalue weighted by molar-refractivity contribution is 0.0972. The molecule has 1 aromatic carbocycles. The van der Waals surface area contributed by atoms with Crippen molar-refractivity contribution in [3.05, 3.63) is 60.2 Å². The van der Waals surface area contributed by atoms with Gasteiger partial charge in [0, 0.05) is 36.6 Å². The quantitative estimate of drug-likeness (QED) is 0.335. The van der Waals surface area contributed by atoms with E-state index in [1.165, 1.54) is 0 Å². The summed E-state index contributed by atoms with van der Waals surface area (Å²) in [5.74, 6) is 0.315. The largest absolute Gasteiger partial charge is 0.368 e. The van der Waals surface area contributed by atoms with Crippen molar-refractivity contribution in [3.63, 3.8) is 0 Å². The van der Waals surface area contributed by atoms with E-state index in [1.807, 2.05) is 24.3 Å². The molecule has 0 radical (unpaired) electrons. The van der Waals surface area contributed by atoms with E-state index in [4.69, 9.17) is 16.4 Å². The first-order valence-electron chi connectivity index (χ1n) is 12.7. The molecular weight excluding hydrogens is 466 g/mol. The van der Waals surface area contributed by atoms with E-state index in [0.717, 1.165) is 68.4 Å². The standard InChI is InChI=1S/C27H31N9O/c28-14-19-6-10-35(11-7-19)12-13-36-18-22(17-33-36)24(37)34-25(29)27(8-1-9-27)23-4-2-20(3-5-23)21-15-31-26(30)32-16-21/h2-5,15-19H,1,6-13H2,(H2,29,34,37)(H2,30,31,32). The van der Waals surface area contributed by atoms with Gasteiger partial charge in [0.05, 0.1) is 29.8 Å². The van der Waals surface area contributed by atoms with Gasteiger partial charge in [0.2, 0.25) is 5.95 Å². The third kappa shape index (κ3) is 5.22. The zero-order valence-corrected chi connectivity index (χ0v) is 20.7. The number of amidine groups is 1. The minimum Gasteiger partial charge on any atom is -0.368 e. The number of nitriles is 1. The first kappa shape index (κ1) is 24.6. The molecule has 10 nitrogen and oxygen atoms in total. The van der Waals surface area contributed by atoms with Gasteiger partial charge in [-0.25, -0.2) is 9.97 Å².